The standard InChI is InChI=1S/C17H21N3O5S3/c1-27(22,23)20-10-2-4-15(12-20)18-17(21)13-6-8-14(9-7-13)19-28(24,25)16-5-3-11-26-16/h3,5-9,11,15,19H,2,4,10,12H2,1H3,(H,18,21). The van der Waals surface area contributed by atoms with Crippen molar-refractivity contribution in [2.45, 2.75) is 23.1 Å². The minimum absolute atomic E-state index is 0.210. The van der Waals surface area contributed by atoms with E-state index in [1.54, 1.807) is 11.4 Å². The van der Waals surface area contributed by atoms with Crippen LogP contribution >= 0.6 is 11.3 Å². The summed E-state index contributed by atoms with van der Waals surface area (Å²) < 4.78 is 51.9. The average Bonchev–Trinajstić information content (AvgIpc) is 3.17. The van der Waals surface area contributed by atoms with Gasteiger partial charge in [0.15, 0.2) is 0 Å². The molecule has 3 rings (SSSR count). The van der Waals surface area contributed by atoms with Gasteiger partial charge in [-0.05, 0) is 48.6 Å². The number of amides is 1. The molecule has 0 radical (unpaired) electrons. The molecule has 1 amide bonds. The third-order valence-corrected chi connectivity index (χ3v) is 8.40. The highest BCUT2D eigenvalue weighted by Gasteiger charge is 2.27. The van der Waals surface area contributed by atoms with Crippen molar-refractivity contribution in [2.24, 2.45) is 0 Å². The number of sulfonamides is 2. The topological polar surface area (TPSA) is 113 Å². The molecule has 1 aromatic heterocycles. The molecule has 28 heavy (non-hydrogen) atoms. The van der Waals surface area contributed by atoms with E-state index >= 15 is 0 Å². The van der Waals surface area contributed by atoms with Crippen LogP contribution in [0.4, 0.5) is 5.69 Å². The van der Waals surface area contributed by atoms with Crippen molar-refractivity contribution >= 4 is 43.0 Å². The van der Waals surface area contributed by atoms with Gasteiger partial charge in [0, 0.05) is 30.4 Å². The molecule has 2 heterocycles. The molecule has 2 N–H and O–H groups in total. The first-order valence-corrected chi connectivity index (χ1v) is 12.8. The van der Waals surface area contributed by atoms with Crippen LogP contribution in [0.1, 0.15) is 23.2 Å². The van der Waals surface area contributed by atoms with Crippen LogP contribution in [-0.2, 0) is 20.0 Å². The molecule has 1 aliphatic rings. The number of anilines is 1. The smallest absolute Gasteiger partial charge is 0.271 e. The lowest BCUT2D eigenvalue weighted by Crippen LogP contribution is -2.49. The zero-order valence-electron chi connectivity index (χ0n) is 15.2. The average molecular weight is 444 g/mol. The summed E-state index contributed by atoms with van der Waals surface area (Å²) in [6, 6.07) is 9.00. The van der Waals surface area contributed by atoms with Gasteiger partial charge in [0.2, 0.25) is 10.0 Å². The minimum Gasteiger partial charge on any atom is -0.348 e. The van der Waals surface area contributed by atoms with Crippen molar-refractivity contribution in [1.29, 1.82) is 0 Å². The Morgan fingerprint density at radius 3 is 2.46 bits per heavy atom. The summed E-state index contributed by atoms with van der Waals surface area (Å²) in [5.74, 6) is -0.326. The van der Waals surface area contributed by atoms with E-state index in [1.807, 2.05) is 0 Å². The lowest BCUT2D eigenvalue weighted by Gasteiger charge is -2.31. The van der Waals surface area contributed by atoms with Gasteiger partial charge in [0.25, 0.3) is 15.9 Å². The third-order valence-electron chi connectivity index (χ3n) is 4.35. The third kappa shape index (κ3) is 5.10. The summed E-state index contributed by atoms with van der Waals surface area (Å²) in [6.07, 6.45) is 2.55. The highest BCUT2D eigenvalue weighted by atomic mass is 32.2. The lowest BCUT2D eigenvalue weighted by atomic mass is 10.1. The molecule has 0 spiro atoms. The van der Waals surface area contributed by atoms with Gasteiger partial charge in [0.1, 0.15) is 4.21 Å². The molecule has 1 fully saturated rings. The monoisotopic (exact) mass is 443 g/mol. The van der Waals surface area contributed by atoms with Crippen LogP contribution in [0.25, 0.3) is 0 Å². The van der Waals surface area contributed by atoms with Crippen LogP contribution in [0.15, 0.2) is 46.0 Å². The van der Waals surface area contributed by atoms with Crippen molar-refractivity contribution < 1.29 is 21.6 Å². The van der Waals surface area contributed by atoms with Gasteiger partial charge in [0.05, 0.1) is 6.26 Å². The number of piperidine rings is 1. The molecule has 152 valence electrons. The summed E-state index contributed by atoms with van der Waals surface area (Å²) in [7, 11) is -6.92. The maximum absolute atomic E-state index is 12.4. The van der Waals surface area contributed by atoms with E-state index in [-0.39, 0.29) is 22.7 Å². The first kappa shape index (κ1) is 20.8. The predicted octanol–water partition coefficient (Wildman–Crippen LogP) is 1.70. The predicted molar refractivity (Wildman–Crippen MR) is 108 cm³/mol. The quantitative estimate of drug-likeness (QED) is 0.706. The van der Waals surface area contributed by atoms with Crippen molar-refractivity contribution in [3.05, 3.63) is 47.3 Å². The van der Waals surface area contributed by atoms with Gasteiger partial charge in [-0.2, -0.15) is 0 Å². The molecule has 1 aliphatic heterocycles. The Labute approximate surface area is 168 Å². The fourth-order valence-electron chi connectivity index (χ4n) is 2.94. The van der Waals surface area contributed by atoms with Crippen LogP contribution in [-0.4, -0.2) is 52.4 Å². The zero-order chi connectivity index (χ0) is 20.4. The highest BCUT2D eigenvalue weighted by molar-refractivity contribution is 7.94. The molecule has 0 bridgehead atoms. The Bertz CT molecular complexity index is 1030. The van der Waals surface area contributed by atoms with Crippen molar-refractivity contribution in [2.75, 3.05) is 24.1 Å². The number of hydrogen-bond donors (Lipinski definition) is 2. The molecule has 2 aromatic rings. The molecular formula is C17H21N3O5S3. The van der Waals surface area contributed by atoms with Crippen molar-refractivity contribution in [1.82, 2.24) is 9.62 Å². The van der Waals surface area contributed by atoms with Crippen molar-refractivity contribution in [3.8, 4) is 0 Å². The molecular weight excluding hydrogens is 422 g/mol. The summed E-state index contributed by atoms with van der Waals surface area (Å²) in [5.41, 5.74) is 0.724. The number of carbonyl (C=O) groups is 1. The summed E-state index contributed by atoms with van der Waals surface area (Å²) in [4.78, 5) is 12.4. The normalized spacial score (nSPS) is 18.5. The molecule has 1 unspecified atom stereocenters. The molecule has 1 saturated heterocycles. The molecule has 1 aromatic carbocycles. The Hall–Kier alpha value is -1.95. The fourth-order valence-corrected chi connectivity index (χ4v) is 5.90. The Morgan fingerprint density at radius 1 is 1.14 bits per heavy atom. The van der Waals surface area contributed by atoms with E-state index in [1.165, 1.54) is 34.6 Å². The van der Waals surface area contributed by atoms with E-state index in [0.29, 0.717) is 30.6 Å². The van der Waals surface area contributed by atoms with E-state index < -0.39 is 20.0 Å². The molecule has 0 aliphatic carbocycles. The summed E-state index contributed by atoms with van der Waals surface area (Å²) in [5, 5.41) is 4.52. The van der Waals surface area contributed by atoms with Gasteiger partial charge in [-0.1, -0.05) is 6.07 Å². The number of rotatable bonds is 6. The number of thiophene rings is 1. The second-order valence-electron chi connectivity index (χ2n) is 6.55. The number of nitrogens with zero attached hydrogens (tertiary/aromatic N) is 1. The van der Waals surface area contributed by atoms with E-state index in [0.717, 1.165) is 17.6 Å². The number of carbonyl (C=O) groups excluding carboxylic acids is 1. The number of nitrogens with one attached hydrogen (secondary N) is 2. The van der Waals surface area contributed by atoms with Crippen LogP contribution < -0.4 is 10.0 Å². The molecule has 0 saturated carbocycles. The van der Waals surface area contributed by atoms with E-state index in [2.05, 4.69) is 10.0 Å². The van der Waals surface area contributed by atoms with Gasteiger partial charge in [-0.3, -0.25) is 9.52 Å². The zero-order valence-corrected chi connectivity index (χ0v) is 17.6. The largest absolute Gasteiger partial charge is 0.348 e. The SMILES string of the molecule is CS(=O)(=O)N1CCCC(NC(=O)c2ccc(NS(=O)(=O)c3cccs3)cc2)C1. The van der Waals surface area contributed by atoms with Crippen LogP contribution in [0.5, 0.6) is 0 Å². The van der Waals surface area contributed by atoms with Gasteiger partial charge < -0.3 is 5.32 Å². The minimum atomic E-state index is -3.64. The van der Waals surface area contributed by atoms with E-state index in [9.17, 15) is 21.6 Å². The van der Waals surface area contributed by atoms with Crippen LogP contribution in [0.2, 0.25) is 0 Å². The highest BCUT2D eigenvalue weighted by Crippen LogP contribution is 2.20. The van der Waals surface area contributed by atoms with E-state index in [4.69, 9.17) is 0 Å². The first-order valence-electron chi connectivity index (χ1n) is 8.57. The second-order valence-corrected chi connectivity index (χ2v) is 11.4. The van der Waals surface area contributed by atoms with Gasteiger partial charge in [-0.25, -0.2) is 21.1 Å². The Morgan fingerprint density at radius 2 is 1.86 bits per heavy atom. The van der Waals surface area contributed by atoms with Crippen LogP contribution in [0, 0.1) is 0 Å². The summed E-state index contributed by atoms with van der Waals surface area (Å²) >= 11 is 1.12. The maximum Gasteiger partial charge on any atom is 0.271 e. The van der Waals surface area contributed by atoms with Gasteiger partial charge in [-0.15, -0.1) is 11.3 Å². The van der Waals surface area contributed by atoms with Crippen LogP contribution in [0.3, 0.4) is 0 Å². The first-order chi connectivity index (χ1) is 13.1. The molecule has 8 nitrogen and oxygen atoms in total. The molecule has 1 atom stereocenters. The second kappa shape index (κ2) is 8.19. The van der Waals surface area contributed by atoms with Gasteiger partial charge >= 0.3 is 0 Å². The Balaban J connectivity index is 1.62. The van der Waals surface area contributed by atoms with Crippen molar-refractivity contribution in [3.63, 3.8) is 0 Å². The number of hydrogen-bond acceptors (Lipinski definition) is 6. The lowest BCUT2D eigenvalue weighted by molar-refractivity contribution is 0.0921. The Kier molecular flexibility index (Phi) is 6.08. The maximum atomic E-state index is 12.4. The number of benzene rings is 1. The summed E-state index contributed by atoms with van der Waals surface area (Å²) in [6.45, 7) is 0.716. The fraction of sp³-hybridized carbons (Fsp3) is 0.353. The molecule has 11 heteroatoms.